The number of aromatic nitrogens is 1. The van der Waals surface area contributed by atoms with Crippen molar-refractivity contribution in [2.45, 2.75) is 26.6 Å². The number of alkyl halides is 2. The van der Waals surface area contributed by atoms with E-state index in [1.807, 2.05) is 19.1 Å². The van der Waals surface area contributed by atoms with Gasteiger partial charge in [-0.1, -0.05) is 24.3 Å². The number of aryl methyl sites for hydroxylation is 1. The van der Waals surface area contributed by atoms with Gasteiger partial charge in [0.05, 0.1) is 5.69 Å². The molecular weight excluding hydrogens is 262 g/mol. The van der Waals surface area contributed by atoms with Crippen LogP contribution in [0.1, 0.15) is 16.8 Å². The molecule has 0 amide bonds. The Labute approximate surface area is 116 Å². The zero-order valence-corrected chi connectivity index (χ0v) is 11.1. The molecule has 0 aliphatic rings. The van der Waals surface area contributed by atoms with Crippen molar-refractivity contribution >= 4 is 0 Å². The largest absolute Gasteiger partial charge is 0.434 e. The summed E-state index contributed by atoms with van der Waals surface area (Å²) < 4.78 is 29.1. The highest BCUT2D eigenvalue weighted by Gasteiger charge is 2.08. The average molecular weight is 278 g/mol. The number of hydrogen-bond acceptors (Lipinski definition) is 3. The maximum Gasteiger partial charge on any atom is 0.387 e. The highest BCUT2D eigenvalue weighted by atomic mass is 19.3. The highest BCUT2D eigenvalue weighted by Crippen LogP contribution is 2.20. The predicted molar refractivity (Wildman–Crippen MR) is 72.6 cm³/mol. The van der Waals surface area contributed by atoms with Gasteiger partial charge in [-0.3, -0.25) is 4.98 Å². The van der Waals surface area contributed by atoms with Gasteiger partial charge in [0.2, 0.25) is 0 Å². The van der Waals surface area contributed by atoms with Gasteiger partial charge in [0.15, 0.2) is 0 Å². The molecule has 1 N–H and O–H groups in total. The summed E-state index contributed by atoms with van der Waals surface area (Å²) in [4.78, 5) is 4.27. The third-order valence-electron chi connectivity index (χ3n) is 2.91. The fourth-order valence-corrected chi connectivity index (χ4v) is 1.88. The van der Waals surface area contributed by atoms with Crippen LogP contribution in [0.15, 0.2) is 42.6 Å². The monoisotopic (exact) mass is 278 g/mol. The van der Waals surface area contributed by atoms with Gasteiger partial charge in [-0.25, -0.2) is 0 Å². The van der Waals surface area contributed by atoms with Gasteiger partial charge in [0.1, 0.15) is 5.75 Å². The summed E-state index contributed by atoms with van der Waals surface area (Å²) in [6.45, 7) is 0.195. The average Bonchev–Trinajstić information content (AvgIpc) is 2.42. The summed E-state index contributed by atoms with van der Waals surface area (Å²) in [6, 6.07) is 10.6. The van der Waals surface area contributed by atoms with Crippen molar-refractivity contribution in [3.05, 3.63) is 59.4 Å². The molecule has 1 heterocycles. The van der Waals surface area contributed by atoms with Crippen LogP contribution in [-0.2, 0) is 13.1 Å². The van der Waals surface area contributed by atoms with Crippen molar-refractivity contribution in [1.82, 2.24) is 10.3 Å². The smallest absolute Gasteiger partial charge is 0.387 e. The number of halogens is 2. The first-order valence-electron chi connectivity index (χ1n) is 6.30. The summed E-state index contributed by atoms with van der Waals surface area (Å²) in [6.07, 6.45) is 1.73. The first kappa shape index (κ1) is 14.4. The second-order valence-electron chi connectivity index (χ2n) is 4.36. The van der Waals surface area contributed by atoms with Crippen molar-refractivity contribution < 1.29 is 13.5 Å². The van der Waals surface area contributed by atoms with Gasteiger partial charge in [0, 0.05) is 24.8 Å². The van der Waals surface area contributed by atoms with Crippen molar-refractivity contribution in [1.29, 1.82) is 0 Å². The lowest BCUT2D eigenvalue weighted by Gasteiger charge is -2.11. The van der Waals surface area contributed by atoms with Gasteiger partial charge in [0.25, 0.3) is 0 Å². The highest BCUT2D eigenvalue weighted by molar-refractivity contribution is 5.33. The molecule has 0 saturated carbocycles. The van der Waals surface area contributed by atoms with Crippen LogP contribution in [0.4, 0.5) is 8.78 Å². The Kier molecular flexibility index (Phi) is 5.01. The van der Waals surface area contributed by atoms with Crippen molar-refractivity contribution in [3.63, 3.8) is 0 Å². The molecule has 0 radical (unpaired) electrons. The van der Waals surface area contributed by atoms with Gasteiger partial charge in [-0.15, -0.1) is 0 Å². The van der Waals surface area contributed by atoms with E-state index in [4.69, 9.17) is 0 Å². The third-order valence-corrected chi connectivity index (χ3v) is 2.91. The Morgan fingerprint density at radius 2 is 1.95 bits per heavy atom. The van der Waals surface area contributed by atoms with Gasteiger partial charge < -0.3 is 10.1 Å². The van der Waals surface area contributed by atoms with E-state index in [9.17, 15) is 8.78 Å². The molecule has 106 valence electrons. The van der Waals surface area contributed by atoms with Crippen LogP contribution in [0.25, 0.3) is 0 Å². The Morgan fingerprint density at radius 3 is 2.70 bits per heavy atom. The van der Waals surface area contributed by atoms with Crippen LogP contribution < -0.4 is 10.1 Å². The molecule has 3 nitrogen and oxygen atoms in total. The fourth-order valence-electron chi connectivity index (χ4n) is 1.88. The minimum Gasteiger partial charge on any atom is -0.434 e. The number of rotatable bonds is 6. The van der Waals surface area contributed by atoms with Crippen LogP contribution in [0.3, 0.4) is 0 Å². The second kappa shape index (κ2) is 6.96. The van der Waals surface area contributed by atoms with E-state index in [1.165, 1.54) is 6.07 Å². The minimum absolute atomic E-state index is 0.202. The number of hydrogen-bond donors (Lipinski definition) is 1. The zero-order valence-electron chi connectivity index (χ0n) is 11.1. The van der Waals surface area contributed by atoms with E-state index in [-0.39, 0.29) is 5.75 Å². The number of nitrogens with zero attached hydrogens (tertiary/aromatic N) is 1. The summed E-state index contributed by atoms with van der Waals surface area (Å²) in [7, 11) is 0. The van der Waals surface area contributed by atoms with E-state index in [0.29, 0.717) is 18.7 Å². The van der Waals surface area contributed by atoms with Crippen LogP contribution in [0, 0.1) is 6.92 Å². The summed E-state index contributed by atoms with van der Waals surface area (Å²) in [5.41, 5.74) is 2.73. The standard InChI is InChI=1S/C15H16F2N2O/c1-11-5-4-8-19-13(11)10-18-9-12-6-2-3-7-14(12)20-15(16)17/h2-8,15,18H,9-10H2,1H3. The van der Waals surface area contributed by atoms with Crippen LogP contribution >= 0.6 is 0 Å². The number of benzene rings is 1. The molecule has 0 aliphatic heterocycles. The Hall–Kier alpha value is -2.01. The van der Waals surface area contributed by atoms with Crippen LogP contribution in [0.5, 0.6) is 5.75 Å². The molecule has 0 unspecified atom stereocenters. The van der Waals surface area contributed by atoms with E-state index in [1.54, 1.807) is 24.4 Å². The lowest BCUT2D eigenvalue weighted by molar-refractivity contribution is -0.0505. The number of para-hydroxylation sites is 1. The molecule has 5 heteroatoms. The second-order valence-corrected chi connectivity index (χ2v) is 4.36. The Bertz CT molecular complexity index is 561. The Morgan fingerprint density at radius 1 is 1.15 bits per heavy atom. The molecule has 0 spiro atoms. The molecule has 0 saturated heterocycles. The Balaban J connectivity index is 1.96. The van der Waals surface area contributed by atoms with Crippen molar-refractivity contribution in [2.75, 3.05) is 0 Å². The van der Waals surface area contributed by atoms with Crippen LogP contribution in [-0.4, -0.2) is 11.6 Å². The lowest BCUT2D eigenvalue weighted by Crippen LogP contribution is -2.16. The van der Waals surface area contributed by atoms with Gasteiger partial charge in [-0.05, 0) is 24.6 Å². The summed E-state index contributed by atoms with van der Waals surface area (Å²) >= 11 is 0. The van der Waals surface area contributed by atoms with Gasteiger partial charge >= 0.3 is 6.61 Å². The molecule has 0 bridgehead atoms. The minimum atomic E-state index is -2.81. The van der Waals surface area contributed by atoms with Crippen molar-refractivity contribution in [2.24, 2.45) is 0 Å². The number of ether oxygens (including phenoxy) is 1. The molecular formula is C15H16F2N2O. The number of pyridine rings is 1. The molecule has 1 aromatic carbocycles. The molecule has 20 heavy (non-hydrogen) atoms. The molecule has 1 aromatic heterocycles. The maximum absolute atomic E-state index is 12.3. The fraction of sp³-hybridized carbons (Fsp3) is 0.267. The van der Waals surface area contributed by atoms with Crippen LogP contribution in [0.2, 0.25) is 0 Å². The van der Waals surface area contributed by atoms with E-state index >= 15 is 0 Å². The SMILES string of the molecule is Cc1cccnc1CNCc1ccccc1OC(F)F. The summed E-state index contributed by atoms with van der Waals surface area (Å²) in [5.74, 6) is 0.202. The quantitative estimate of drug-likeness (QED) is 0.880. The van der Waals surface area contributed by atoms with E-state index < -0.39 is 6.61 Å². The third kappa shape index (κ3) is 3.99. The zero-order chi connectivity index (χ0) is 14.4. The molecule has 0 aliphatic carbocycles. The normalized spacial score (nSPS) is 10.8. The lowest BCUT2D eigenvalue weighted by atomic mass is 10.2. The molecule has 2 rings (SSSR count). The predicted octanol–water partition coefficient (Wildman–Crippen LogP) is 3.28. The maximum atomic E-state index is 12.3. The topological polar surface area (TPSA) is 34.2 Å². The first-order valence-corrected chi connectivity index (χ1v) is 6.30. The molecule has 0 fully saturated rings. The summed E-state index contributed by atoms with van der Waals surface area (Å²) in [5, 5.41) is 3.19. The first-order chi connectivity index (χ1) is 9.66. The molecule has 0 atom stereocenters. The van der Waals surface area contributed by atoms with E-state index in [0.717, 1.165) is 11.3 Å². The van der Waals surface area contributed by atoms with E-state index in [2.05, 4.69) is 15.0 Å². The number of nitrogens with one attached hydrogen (secondary N) is 1. The van der Waals surface area contributed by atoms with Gasteiger partial charge in [-0.2, -0.15) is 8.78 Å². The van der Waals surface area contributed by atoms with Crippen molar-refractivity contribution in [3.8, 4) is 5.75 Å². The molecule has 2 aromatic rings.